The molecule has 1 amide bonds. The number of guanidine groups is 1. The van der Waals surface area contributed by atoms with Crippen molar-refractivity contribution in [1.29, 1.82) is 0 Å². The van der Waals surface area contributed by atoms with Crippen molar-refractivity contribution < 1.29 is 9.53 Å². The zero-order valence-electron chi connectivity index (χ0n) is 18.3. The highest BCUT2D eigenvalue weighted by Crippen LogP contribution is 2.34. The van der Waals surface area contributed by atoms with E-state index in [1.807, 2.05) is 25.2 Å². The average Bonchev–Trinajstić information content (AvgIpc) is 3.21. The lowest BCUT2D eigenvalue weighted by molar-refractivity contribution is -0.120. The number of ether oxygens (including phenoxy) is 1. The number of hydrogen-bond donors (Lipinski definition) is 1. The number of rotatable bonds is 4. The smallest absolute Gasteiger partial charge is 0.246 e. The summed E-state index contributed by atoms with van der Waals surface area (Å²) in [7, 11) is 3.67. The van der Waals surface area contributed by atoms with Gasteiger partial charge in [0.15, 0.2) is 5.96 Å². The molecule has 3 fully saturated rings. The molecule has 3 aliphatic rings. The third-order valence-corrected chi connectivity index (χ3v) is 6.78. The Morgan fingerprint density at radius 2 is 1.97 bits per heavy atom. The van der Waals surface area contributed by atoms with Crippen LogP contribution in [0.5, 0.6) is 0 Å². The van der Waals surface area contributed by atoms with E-state index in [0.29, 0.717) is 13.1 Å². The van der Waals surface area contributed by atoms with Crippen LogP contribution in [0.2, 0.25) is 0 Å². The third kappa shape index (κ3) is 4.46. The number of hydrogen-bond acceptors (Lipinski definition) is 5. The van der Waals surface area contributed by atoms with Gasteiger partial charge in [-0.25, -0.2) is 0 Å². The quantitative estimate of drug-likeness (QED) is 0.573. The minimum absolute atomic E-state index is 0.0813. The van der Waals surface area contributed by atoms with Gasteiger partial charge in [0.1, 0.15) is 6.54 Å². The second-order valence-corrected chi connectivity index (χ2v) is 8.62. The average molecular weight is 418 g/mol. The molecule has 4 rings (SSSR count). The number of aromatic nitrogens is 2. The number of carbonyl (C=O) groups is 1. The monoisotopic (exact) mass is 417 g/mol. The molecule has 9 nitrogen and oxygen atoms in total. The van der Waals surface area contributed by atoms with Crippen LogP contribution in [0, 0.1) is 0 Å². The van der Waals surface area contributed by atoms with Crippen molar-refractivity contribution in [3.63, 3.8) is 0 Å². The van der Waals surface area contributed by atoms with E-state index >= 15 is 0 Å². The summed E-state index contributed by atoms with van der Waals surface area (Å²) in [5.41, 5.74) is 1.03. The maximum Gasteiger partial charge on any atom is 0.246 e. The minimum Gasteiger partial charge on any atom is -0.379 e. The van der Waals surface area contributed by atoms with E-state index < -0.39 is 0 Å². The molecule has 1 saturated carbocycles. The van der Waals surface area contributed by atoms with Gasteiger partial charge >= 0.3 is 0 Å². The highest BCUT2D eigenvalue weighted by molar-refractivity contribution is 5.98. The van der Waals surface area contributed by atoms with Crippen LogP contribution in [0.4, 0.5) is 5.69 Å². The highest BCUT2D eigenvalue weighted by atomic mass is 16.5. The summed E-state index contributed by atoms with van der Waals surface area (Å²) < 4.78 is 7.32. The van der Waals surface area contributed by atoms with Gasteiger partial charge in [0.25, 0.3) is 0 Å². The summed E-state index contributed by atoms with van der Waals surface area (Å²) in [5, 5.41) is 7.82. The van der Waals surface area contributed by atoms with Crippen LogP contribution in [0.3, 0.4) is 0 Å². The van der Waals surface area contributed by atoms with Gasteiger partial charge in [-0.2, -0.15) is 5.10 Å². The number of amides is 1. The zero-order chi connectivity index (χ0) is 21.0. The predicted molar refractivity (Wildman–Crippen MR) is 117 cm³/mol. The first-order valence-corrected chi connectivity index (χ1v) is 11.2. The van der Waals surface area contributed by atoms with E-state index in [1.165, 1.54) is 32.1 Å². The molecule has 0 atom stereocenters. The molecule has 1 aromatic rings. The Labute approximate surface area is 179 Å². The van der Waals surface area contributed by atoms with Crippen LogP contribution in [0.15, 0.2) is 17.4 Å². The lowest BCUT2D eigenvalue weighted by atomic mass is 9.79. The second-order valence-electron chi connectivity index (χ2n) is 8.62. The number of nitrogens with zero attached hydrogens (tertiary/aromatic N) is 6. The minimum atomic E-state index is 0.0813. The molecule has 30 heavy (non-hydrogen) atoms. The van der Waals surface area contributed by atoms with Crippen molar-refractivity contribution in [2.45, 2.75) is 37.6 Å². The van der Waals surface area contributed by atoms with Crippen molar-refractivity contribution in [3.05, 3.63) is 12.4 Å². The van der Waals surface area contributed by atoms with Crippen LogP contribution in [-0.4, -0.2) is 96.5 Å². The van der Waals surface area contributed by atoms with Gasteiger partial charge in [0.05, 0.1) is 25.1 Å². The maximum absolute atomic E-state index is 12.8. The Bertz CT molecular complexity index is 750. The molecule has 9 heteroatoms. The SMILES string of the molecule is CN=C(NCC1(N2CCOCC2)CCCCC1)N1CCN(c2cnn(C)c2)C(=O)C1. The summed E-state index contributed by atoms with van der Waals surface area (Å²) in [6, 6.07) is 0. The van der Waals surface area contributed by atoms with Gasteiger partial charge < -0.3 is 19.9 Å². The molecule has 0 bridgehead atoms. The van der Waals surface area contributed by atoms with Crippen molar-refractivity contribution in [2.75, 3.05) is 64.4 Å². The van der Waals surface area contributed by atoms with Gasteiger partial charge in [-0.1, -0.05) is 19.3 Å². The third-order valence-electron chi connectivity index (χ3n) is 6.78. The first-order valence-electron chi connectivity index (χ1n) is 11.2. The lowest BCUT2D eigenvalue weighted by Crippen LogP contribution is -2.62. The molecular formula is C21H35N7O2. The Balaban J connectivity index is 1.38. The Morgan fingerprint density at radius 3 is 2.60 bits per heavy atom. The molecule has 0 radical (unpaired) electrons. The molecule has 1 aliphatic carbocycles. The van der Waals surface area contributed by atoms with Crippen molar-refractivity contribution in [1.82, 2.24) is 24.9 Å². The summed E-state index contributed by atoms with van der Waals surface area (Å²) in [5.74, 6) is 0.908. The van der Waals surface area contributed by atoms with Crippen LogP contribution >= 0.6 is 0 Å². The first kappa shape index (κ1) is 21.1. The predicted octanol–water partition coefficient (Wildman–Crippen LogP) is 0.679. The fraction of sp³-hybridized carbons (Fsp3) is 0.762. The van der Waals surface area contributed by atoms with Gasteiger partial charge in [0, 0.05) is 58.6 Å². The largest absolute Gasteiger partial charge is 0.379 e. The standard InChI is InChI=1S/C21H35N7O2/c1-22-20(26-8-9-28(19(29)16-26)18-14-24-25(2)15-18)23-17-21(6-4-3-5-7-21)27-10-12-30-13-11-27/h14-15H,3-13,16-17H2,1-2H3,(H,22,23). The van der Waals surface area contributed by atoms with Gasteiger partial charge in [-0.3, -0.25) is 19.4 Å². The van der Waals surface area contributed by atoms with Gasteiger partial charge in [-0.15, -0.1) is 0 Å². The summed E-state index contributed by atoms with van der Waals surface area (Å²) >= 11 is 0. The number of anilines is 1. The molecule has 0 aromatic carbocycles. The molecule has 166 valence electrons. The van der Waals surface area contributed by atoms with Crippen LogP contribution in [0.1, 0.15) is 32.1 Å². The zero-order valence-corrected chi connectivity index (χ0v) is 18.3. The summed E-state index contributed by atoms with van der Waals surface area (Å²) in [6.45, 7) is 6.24. The number of aliphatic imine (C=N–C) groups is 1. The Hall–Kier alpha value is -2.13. The van der Waals surface area contributed by atoms with Crippen LogP contribution in [-0.2, 0) is 16.6 Å². The second kappa shape index (κ2) is 9.34. The fourth-order valence-electron chi connectivity index (χ4n) is 5.10. The molecule has 0 unspecified atom stereocenters. The van der Waals surface area contributed by atoms with Crippen LogP contribution in [0.25, 0.3) is 0 Å². The van der Waals surface area contributed by atoms with E-state index in [0.717, 1.165) is 51.0 Å². The normalized spacial score (nSPS) is 23.7. The molecule has 1 aromatic heterocycles. The number of piperazine rings is 1. The molecule has 2 aliphatic heterocycles. The fourth-order valence-corrected chi connectivity index (χ4v) is 5.10. The maximum atomic E-state index is 12.8. The Kier molecular flexibility index (Phi) is 6.58. The summed E-state index contributed by atoms with van der Waals surface area (Å²) in [4.78, 5) is 23.8. The van der Waals surface area contributed by atoms with E-state index in [1.54, 1.807) is 10.9 Å². The van der Waals surface area contributed by atoms with Crippen molar-refractivity contribution >= 4 is 17.6 Å². The van der Waals surface area contributed by atoms with Crippen molar-refractivity contribution in [3.8, 4) is 0 Å². The van der Waals surface area contributed by atoms with Gasteiger partial charge in [-0.05, 0) is 12.8 Å². The van der Waals surface area contributed by atoms with Crippen molar-refractivity contribution in [2.24, 2.45) is 12.0 Å². The molecular weight excluding hydrogens is 382 g/mol. The van der Waals surface area contributed by atoms with Crippen LogP contribution < -0.4 is 10.2 Å². The number of aryl methyl sites for hydroxylation is 1. The van der Waals surface area contributed by atoms with E-state index in [4.69, 9.17) is 4.74 Å². The lowest BCUT2D eigenvalue weighted by Gasteiger charge is -2.48. The van der Waals surface area contributed by atoms with E-state index in [-0.39, 0.29) is 11.4 Å². The topological polar surface area (TPSA) is 78.2 Å². The molecule has 1 N–H and O–H groups in total. The van der Waals surface area contributed by atoms with E-state index in [2.05, 4.69) is 25.2 Å². The van der Waals surface area contributed by atoms with E-state index in [9.17, 15) is 4.79 Å². The molecule has 2 saturated heterocycles. The Morgan fingerprint density at radius 1 is 1.20 bits per heavy atom. The number of morpholine rings is 1. The molecule has 3 heterocycles. The molecule has 0 spiro atoms. The highest BCUT2D eigenvalue weighted by Gasteiger charge is 2.39. The number of nitrogens with one attached hydrogen (secondary N) is 1. The number of carbonyl (C=O) groups excluding carboxylic acids is 1. The summed E-state index contributed by atoms with van der Waals surface area (Å²) in [6.07, 6.45) is 9.94. The first-order chi connectivity index (χ1) is 14.6. The van der Waals surface area contributed by atoms with Gasteiger partial charge in [0.2, 0.25) is 5.91 Å².